The van der Waals surface area contributed by atoms with Crippen LogP contribution >= 0.6 is 0 Å². The highest BCUT2D eigenvalue weighted by molar-refractivity contribution is 6.41. The molecule has 120 valence electrons. The third-order valence-electron chi connectivity index (χ3n) is 3.98. The van der Waals surface area contributed by atoms with Gasteiger partial charge in [0.1, 0.15) is 0 Å². The molecule has 0 aromatic heterocycles. The van der Waals surface area contributed by atoms with Crippen LogP contribution in [-0.4, -0.2) is 21.2 Å². The second-order valence-corrected chi connectivity index (χ2v) is 8.02. The van der Waals surface area contributed by atoms with Crippen LogP contribution in [0.3, 0.4) is 0 Å². The summed E-state index contributed by atoms with van der Waals surface area (Å²) in [6, 6.07) is 21.0. The summed E-state index contributed by atoms with van der Waals surface area (Å²) in [5.41, 5.74) is 3.43. The van der Waals surface area contributed by atoms with E-state index in [0.717, 1.165) is 6.42 Å². The van der Waals surface area contributed by atoms with Crippen molar-refractivity contribution in [1.82, 2.24) is 0 Å². The zero-order valence-corrected chi connectivity index (χ0v) is 15.3. The molecule has 0 saturated carbocycles. The summed E-state index contributed by atoms with van der Waals surface area (Å²) >= 11 is 0. The summed E-state index contributed by atoms with van der Waals surface area (Å²) in [5.74, 6) is -0.274. The molecular weight excluding hydrogens is 300 g/mol. The van der Waals surface area contributed by atoms with E-state index in [9.17, 15) is 4.79 Å². The zero-order valence-electron chi connectivity index (χ0n) is 13.9. The van der Waals surface area contributed by atoms with Gasteiger partial charge >= 0.3 is 5.97 Å². The molecule has 0 spiro atoms. The van der Waals surface area contributed by atoms with Crippen LogP contribution in [0.5, 0.6) is 0 Å². The lowest BCUT2D eigenvalue weighted by Crippen LogP contribution is -2.29. The second kappa shape index (κ2) is 8.49. The molecule has 0 heterocycles. The van der Waals surface area contributed by atoms with Crippen LogP contribution in [-0.2, 0) is 9.53 Å². The van der Waals surface area contributed by atoms with Crippen molar-refractivity contribution in [3.63, 3.8) is 0 Å². The van der Waals surface area contributed by atoms with E-state index in [0.29, 0.717) is 11.1 Å². The van der Waals surface area contributed by atoms with Gasteiger partial charge in [-0.3, -0.25) is 0 Å². The lowest BCUT2D eigenvalue weighted by molar-refractivity contribution is -0.140. The van der Waals surface area contributed by atoms with Crippen LogP contribution in [0.1, 0.15) is 36.9 Å². The standard InChI is InChI=1S/C20H24O2Si/c1-4-18(22-20(21)15(2)3)23-19(16-11-7-5-8-12-16)17-13-9-6-10-14-17/h5-14,18-19H,2,4,23H2,1,3H3. The number of carbonyl (C=O) groups is 1. The maximum Gasteiger partial charge on any atom is 0.333 e. The molecule has 1 atom stereocenters. The van der Waals surface area contributed by atoms with Crippen molar-refractivity contribution >= 4 is 15.5 Å². The van der Waals surface area contributed by atoms with Crippen LogP contribution in [0.15, 0.2) is 72.8 Å². The number of benzene rings is 2. The van der Waals surface area contributed by atoms with Crippen LogP contribution in [0, 0.1) is 0 Å². The summed E-state index contributed by atoms with van der Waals surface area (Å²) in [5, 5.41) is 0. The third kappa shape index (κ3) is 4.93. The third-order valence-corrected chi connectivity index (χ3v) is 6.66. The minimum Gasteiger partial charge on any atom is -0.464 e. The average Bonchev–Trinajstić information content (AvgIpc) is 2.59. The molecular formula is C20H24O2Si. The molecule has 0 radical (unpaired) electrons. The van der Waals surface area contributed by atoms with Crippen molar-refractivity contribution in [1.29, 1.82) is 0 Å². The Morgan fingerprint density at radius 3 is 1.91 bits per heavy atom. The van der Waals surface area contributed by atoms with Crippen LogP contribution in [0.25, 0.3) is 0 Å². The molecule has 0 saturated heterocycles. The first-order valence-electron chi connectivity index (χ1n) is 8.08. The van der Waals surface area contributed by atoms with Crippen LogP contribution < -0.4 is 0 Å². The van der Waals surface area contributed by atoms with E-state index in [1.807, 2.05) is 12.1 Å². The van der Waals surface area contributed by atoms with Crippen molar-refractivity contribution in [3.8, 4) is 0 Å². The number of ether oxygens (including phenoxy) is 1. The molecule has 0 aliphatic rings. The van der Waals surface area contributed by atoms with E-state index < -0.39 is 9.52 Å². The fraction of sp³-hybridized carbons (Fsp3) is 0.250. The van der Waals surface area contributed by atoms with Gasteiger partial charge in [0.15, 0.2) is 0 Å². The highest BCUT2D eigenvalue weighted by Gasteiger charge is 2.22. The Morgan fingerprint density at radius 2 is 1.52 bits per heavy atom. The number of hydrogen-bond acceptors (Lipinski definition) is 2. The van der Waals surface area contributed by atoms with E-state index >= 15 is 0 Å². The largest absolute Gasteiger partial charge is 0.464 e. The Bertz CT molecular complexity index is 598. The van der Waals surface area contributed by atoms with Crippen molar-refractivity contribution in [3.05, 3.63) is 83.9 Å². The normalized spacial score (nSPS) is 12.5. The minimum atomic E-state index is -0.716. The van der Waals surface area contributed by atoms with Gasteiger partial charge in [0.2, 0.25) is 0 Å². The molecule has 0 aliphatic heterocycles. The van der Waals surface area contributed by atoms with E-state index in [1.54, 1.807) is 6.92 Å². The van der Waals surface area contributed by atoms with Gasteiger partial charge in [-0.25, -0.2) is 4.79 Å². The summed E-state index contributed by atoms with van der Waals surface area (Å²) in [4.78, 5) is 11.9. The quantitative estimate of drug-likeness (QED) is 0.440. The maximum absolute atomic E-state index is 11.9. The molecule has 2 aromatic carbocycles. The van der Waals surface area contributed by atoms with Gasteiger partial charge in [-0.2, -0.15) is 0 Å². The first-order valence-corrected chi connectivity index (χ1v) is 9.71. The Morgan fingerprint density at radius 1 is 1.04 bits per heavy atom. The van der Waals surface area contributed by atoms with Gasteiger partial charge < -0.3 is 4.74 Å². The number of hydrogen-bond donors (Lipinski definition) is 0. The first kappa shape index (κ1) is 17.2. The van der Waals surface area contributed by atoms with E-state index in [4.69, 9.17) is 4.74 Å². The summed E-state index contributed by atoms with van der Waals surface area (Å²) in [7, 11) is -0.716. The Kier molecular flexibility index (Phi) is 6.36. The molecule has 0 aliphatic carbocycles. The number of esters is 1. The highest BCUT2D eigenvalue weighted by atomic mass is 28.2. The van der Waals surface area contributed by atoms with Crippen molar-refractivity contribution < 1.29 is 9.53 Å². The molecule has 1 unspecified atom stereocenters. The maximum atomic E-state index is 11.9. The van der Waals surface area contributed by atoms with Crippen molar-refractivity contribution in [2.45, 2.75) is 31.5 Å². The molecule has 3 heteroatoms. The van der Waals surface area contributed by atoms with E-state index in [2.05, 4.69) is 62.0 Å². The lowest BCUT2D eigenvalue weighted by atomic mass is 10.0. The molecule has 0 N–H and O–H groups in total. The molecule has 23 heavy (non-hydrogen) atoms. The van der Waals surface area contributed by atoms with Crippen molar-refractivity contribution in [2.75, 3.05) is 0 Å². The van der Waals surface area contributed by atoms with Gasteiger partial charge in [-0.15, -0.1) is 0 Å². The fourth-order valence-electron chi connectivity index (χ4n) is 2.65. The fourth-order valence-corrected chi connectivity index (χ4v) is 4.84. The second-order valence-electron chi connectivity index (χ2n) is 5.83. The van der Waals surface area contributed by atoms with Gasteiger partial charge in [0, 0.05) is 11.1 Å². The van der Waals surface area contributed by atoms with Gasteiger partial charge in [0.25, 0.3) is 0 Å². The zero-order chi connectivity index (χ0) is 16.7. The number of carbonyl (C=O) groups excluding carboxylic acids is 1. The monoisotopic (exact) mass is 324 g/mol. The topological polar surface area (TPSA) is 26.3 Å². The van der Waals surface area contributed by atoms with Gasteiger partial charge in [0.05, 0.1) is 15.2 Å². The highest BCUT2D eigenvalue weighted by Crippen LogP contribution is 2.25. The number of rotatable bonds is 7. The molecule has 0 fully saturated rings. The molecule has 2 rings (SSSR count). The SMILES string of the molecule is C=C(C)C(=O)OC(CC)[SiH2]C(c1ccccc1)c1ccccc1. The lowest BCUT2D eigenvalue weighted by Gasteiger charge is -2.23. The minimum absolute atomic E-state index is 0.0182. The summed E-state index contributed by atoms with van der Waals surface area (Å²) in [6.45, 7) is 7.46. The first-order chi connectivity index (χ1) is 11.1. The Balaban J connectivity index is 2.24. The molecule has 2 nitrogen and oxygen atoms in total. The van der Waals surface area contributed by atoms with Crippen molar-refractivity contribution in [2.24, 2.45) is 0 Å². The Hall–Kier alpha value is -2.13. The van der Waals surface area contributed by atoms with E-state index in [-0.39, 0.29) is 11.7 Å². The van der Waals surface area contributed by atoms with Gasteiger partial charge in [-0.05, 0) is 24.5 Å². The smallest absolute Gasteiger partial charge is 0.333 e. The van der Waals surface area contributed by atoms with Crippen LogP contribution in [0.4, 0.5) is 0 Å². The molecule has 0 amide bonds. The average molecular weight is 324 g/mol. The Labute approximate surface area is 141 Å². The summed E-state index contributed by atoms with van der Waals surface area (Å²) in [6.07, 6.45) is 0.849. The molecule has 2 aromatic rings. The predicted octanol–water partition coefficient (Wildman–Crippen LogP) is 3.80. The predicted molar refractivity (Wildman–Crippen MR) is 98.3 cm³/mol. The summed E-state index contributed by atoms with van der Waals surface area (Å²) < 4.78 is 5.66. The van der Waals surface area contributed by atoms with E-state index in [1.165, 1.54) is 11.1 Å². The van der Waals surface area contributed by atoms with Gasteiger partial charge in [-0.1, -0.05) is 74.2 Å². The molecule has 0 bridgehead atoms. The van der Waals surface area contributed by atoms with Crippen LogP contribution in [0.2, 0.25) is 0 Å².